The molecule has 0 aliphatic heterocycles. The van der Waals surface area contributed by atoms with Gasteiger partial charge in [0, 0.05) is 34.6 Å². The molecule has 0 fully saturated rings. The summed E-state index contributed by atoms with van der Waals surface area (Å²) < 4.78 is 12.0. The van der Waals surface area contributed by atoms with Gasteiger partial charge in [-0.3, -0.25) is 4.79 Å². The number of nitrogens with zero attached hydrogens (tertiary/aromatic N) is 2. The first-order valence-electron chi connectivity index (χ1n) is 8.62. The molecule has 0 radical (unpaired) electrons. The predicted octanol–water partition coefficient (Wildman–Crippen LogP) is 4.54. The minimum atomic E-state index is -0.205. The lowest BCUT2D eigenvalue weighted by molar-refractivity contribution is -0.140. The van der Waals surface area contributed by atoms with Gasteiger partial charge in [-0.05, 0) is 44.2 Å². The van der Waals surface area contributed by atoms with Crippen LogP contribution >= 0.6 is 11.3 Å². The van der Waals surface area contributed by atoms with Gasteiger partial charge >= 0.3 is 5.97 Å². The van der Waals surface area contributed by atoms with Gasteiger partial charge in [-0.25, -0.2) is 4.98 Å². The summed E-state index contributed by atoms with van der Waals surface area (Å²) in [6.07, 6.45) is 0.355. The molecule has 6 nitrogen and oxygen atoms in total. The Balaban J connectivity index is 1.76. The van der Waals surface area contributed by atoms with Crippen LogP contribution in [0.2, 0.25) is 0 Å². The molecule has 0 saturated heterocycles. The number of carbonyl (C=O) groups excluding carboxylic acids is 1. The highest BCUT2D eigenvalue weighted by atomic mass is 32.1. The minimum Gasteiger partial charge on any atom is -0.497 e. The van der Waals surface area contributed by atoms with E-state index in [-0.39, 0.29) is 5.97 Å². The average Bonchev–Trinajstić information content (AvgIpc) is 3.24. The van der Waals surface area contributed by atoms with E-state index >= 15 is 0 Å². The van der Waals surface area contributed by atoms with Crippen LogP contribution in [0.1, 0.15) is 17.8 Å². The zero-order chi connectivity index (χ0) is 19.4. The van der Waals surface area contributed by atoms with E-state index in [2.05, 4.69) is 22.9 Å². The van der Waals surface area contributed by atoms with Crippen LogP contribution < -0.4 is 10.1 Å². The van der Waals surface area contributed by atoms with Crippen LogP contribution in [-0.2, 0) is 16.1 Å². The van der Waals surface area contributed by atoms with E-state index in [9.17, 15) is 4.79 Å². The molecule has 27 heavy (non-hydrogen) atoms. The quantitative estimate of drug-likeness (QED) is 0.605. The number of rotatable bonds is 7. The highest BCUT2D eigenvalue weighted by Gasteiger charge is 2.14. The maximum Gasteiger partial charge on any atom is 0.307 e. The number of aryl methyl sites for hydroxylation is 1. The summed E-state index contributed by atoms with van der Waals surface area (Å²) >= 11 is 1.56. The van der Waals surface area contributed by atoms with E-state index in [1.54, 1.807) is 18.4 Å². The lowest BCUT2D eigenvalue weighted by Crippen LogP contribution is -2.09. The van der Waals surface area contributed by atoms with Crippen molar-refractivity contribution in [3.8, 4) is 17.0 Å². The van der Waals surface area contributed by atoms with Crippen LogP contribution in [0.4, 0.5) is 10.8 Å². The van der Waals surface area contributed by atoms with E-state index in [4.69, 9.17) is 14.5 Å². The normalized spacial score (nSPS) is 10.7. The number of esters is 1. The number of hydrogen-bond acceptors (Lipinski definition) is 6. The van der Waals surface area contributed by atoms with Crippen molar-refractivity contribution in [3.63, 3.8) is 0 Å². The van der Waals surface area contributed by atoms with Crippen molar-refractivity contribution in [2.75, 3.05) is 19.5 Å². The molecule has 3 rings (SSSR count). The Morgan fingerprint density at radius 1 is 1.22 bits per heavy atom. The molecule has 0 bridgehead atoms. The summed E-state index contributed by atoms with van der Waals surface area (Å²) in [6, 6.07) is 9.84. The third-order valence-electron chi connectivity index (χ3n) is 4.46. The molecule has 7 heteroatoms. The molecule has 0 amide bonds. The topological polar surface area (TPSA) is 65.4 Å². The number of anilines is 2. The monoisotopic (exact) mass is 385 g/mol. The van der Waals surface area contributed by atoms with Crippen LogP contribution in [0.3, 0.4) is 0 Å². The summed E-state index contributed by atoms with van der Waals surface area (Å²) in [6.45, 7) is 4.69. The van der Waals surface area contributed by atoms with Gasteiger partial charge in [-0.1, -0.05) is 0 Å². The second-order valence-corrected chi connectivity index (χ2v) is 7.01. The zero-order valence-electron chi connectivity index (χ0n) is 15.9. The third-order valence-corrected chi connectivity index (χ3v) is 5.22. The Labute approximate surface area is 162 Å². The lowest BCUT2D eigenvalue weighted by atomic mass is 10.2. The van der Waals surface area contributed by atoms with Gasteiger partial charge in [0.25, 0.3) is 0 Å². The second kappa shape index (κ2) is 8.26. The minimum absolute atomic E-state index is 0.205. The van der Waals surface area contributed by atoms with Crippen molar-refractivity contribution in [1.82, 2.24) is 9.55 Å². The average molecular weight is 385 g/mol. The second-order valence-electron chi connectivity index (χ2n) is 6.15. The van der Waals surface area contributed by atoms with Crippen LogP contribution in [-0.4, -0.2) is 29.7 Å². The Kier molecular flexibility index (Phi) is 5.81. The number of carbonyl (C=O) groups is 1. The molecule has 0 atom stereocenters. The maximum absolute atomic E-state index is 11.4. The third kappa shape index (κ3) is 4.31. The Morgan fingerprint density at radius 3 is 2.63 bits per heavy atom. The van der Waals surface area contributed by atoms with Crippen LogP contribution in [0.5, 0.6) is 5.75 Å². The van der Waals surface area contributed by atoms with Gasteiger partial charge in [0.1, 0.15) is 5.75 Å². The van der Waals surface area contributed by atoms with Gasteiger partial charge in [-0.15, -0.1) is 11.3 Å². The van der Waals surface area contributed by atoms with Crippen LogP contribution in [0.25, 0.3) is 11.3 Å². The number of thiazole rings is 1. The smallest absolute Gasteiger partial charge is 0.307 e. The van der Waals surface area contributed by atoms with Gasteiger partial charge in [0.15, 0.2) is 5.13 Å². The van der Waals surface area contributed by atoms with Crippen LogP contribution in [0, 0.1) is 13.8 Å². The summed E-state index contributed by atoms with van der Waals surface area (Å²) in [7, 11) is 3.06. The fourth-order valence-electron chi connectivity index (χ4n) is 2.96. The van der Waals surface area contributed by atoms with Gasteiger partial charge in [-0.2, -0.15) is 0 Å². The standard InChI is InChI=1S/C20H23N3O3S/c1-13-11-17(14(2)23(13)10-9-19(24)26-4)18-12-27-20(22-18)21-15-5-7-16(25-3)8-6-15/h5-8,11-12H,9-10H2,1-4H3,(H,21,22). The van der Waals surface area contributed by atoms with Gasteiger partial charge < -0.3 is 19.4 Å². The number of hydrogen-bond donors (Lipinski definition) is 1. The molecule has 0 spiro atoms. The van der Waals surface area contributed by atoms with E-state index in [0.717, 1.165) is 39.2 Å². The molecule has 1 N–H and O–H groups in total. The first kappa shape index (κ1) is 19.0. The zero-order valence-corrected chi connectivity index (χ0v) is 16.7. The molecule has 0 aliphatic carbocycles. The van der Waals surface area contributed by atoms with Crippen molar-refractivity contribution in [3.05, 3.63) is 47.1 Å². The van der Waals surface area contributed by atoms with E-state index in [1.807, 2.05) is 36.6 Å². The largest absolute Gasteiger partial charge is 0.497 e. The number of nitrogens with one attached hydrogen (secondary N) is 1. The number of benzene rings is 1. The molecule has 0 saturated carbocycles. The first-order chi connectivity index (χ1) is 13.0. The number of methoxy groups -OCH3 is 2. The molecule has 1 aromatic carbocycles. The molecule has 2 aromatic heterocycles. The molecule has 0 unspecified atom stereocenters. The summed E-state index contributed by atoms with van der Waals surface area (Å²) in [5, 5.41) is 6.19. The van der Waals surface area contributed by atoms with Crippen molar-refractivity contribution in [2.24, 2.45) is 0 Å². The maximum atomic E-state index is 11.4. The Hall–Kier alpha value is -2.80. The fourth-order valence-corrected chi connectivity index (χ4v) is 3.69. The van der Waals surface area contributed by atoms with E-state index in [0.29, 0.717) is 13.0 Å². The summed E-state index contributed by atoms with van der Waals surface area (Å²) in [5.41, 5.74) is 5.16. The van der Waals surface area contributed by atoms with E-state index < -0.39 is 0 Å². The molecular weight excluding hydrogens is 362 g/mol. The van der Waals surface area contributed by atoms with Crippen molar-refractivity contribution < 1.29 is 14.3 Å². The van der Waals surface area contributed by atoms with Crippen molar-refractivity contribution in [2.45, 2.75) is 26.8 Å². The van der Waals surface area contributed by atoms with Gasteiger partial charge in [0.05, 0.1) is 26.3 Å². The van der Waals surface area contributed by atoms with Crippen molar-refractivity contribution in [1.29, 1.82) is 0 Å². The Bertz CT molecular complexity index is 929. The highest BCUT2D eigenvalue weighted by molar-refractivity contribution is 7.14. The number of aromatic nitrogens is 2. The van der Waals surface area contributed by atoms with Crippen molar-refractivity contribution >= 4 is 28.1 Å². The van der Waals surface area contributed by atoms with Crippen LogP contribution in [0.15, 0.2) is 35.7 Å². The molecule has 142 valence electrons. The summed E-state index contributed by atoms with van der Waals surface area (Å²) in [4.78, 5) is 16.2. The lowest BCUT2D eigenvalue weighted by Gasteiger charge is -2.08. The summed E-state index contributed by atoms with van der Waals surface area (Å²) in [5.74, 6) is 0.614. The van der Waals surface area contributed by atoms with Gasteiger partial charge in [0.2, 0.25) is 0 Å². The Morgan fingerprint density at radius 2 is 1.96 bits per heavy atom. The molecule has 3 aromatic rings. The fraction of sp³-hybridized carbons (Fsp3) is 0.300. The predicted molar refractivity (Wildman–Crippen MR) is 108 cm³/mol. The molecule has 0 aliphatic rings. The highest BCUT2D eigenvalue weighted by Crippen LogP contribution is 2.31. The SMILES string of the molecule is COC(=O)CCn1c(C)cc(-c2csc(Nc3ccc(OC)cc3)n2)c1C. The molecular formula is C20H23N3O3S. The molecule has 2 heterocycles. The van der Waals surface area contributed by atoms with E-state index in [1.165, 1.54) is 7.11 Å². The number of ether oxygens (including phenoxy) is 2. The first-order valence-corrected chi connectivity index (χ1v) is 9.50.